The zero-order chi connectivity index (χ0) is 35.0. The van der Waals surface area contributed by atoms with Crippen molar-refractivity contribution in [3.8, 4) is 22.6 Å². The van der Waals surface area contributed by atoms with Gasteiger partial charge in [0.25, 0.3) is 0 Å². The maximum atomic E-state index is 13.0. The van der Waals surface area contributed by atoms with Crippen LogP contribution in [0.3, 0.4) is 0 Å². The Kier molecular flexibility index (Phi) is 14.9. The van der Waals surface area contributed by atoms with Crippen LogP contribution in [0.15, 0.2) is 84.9 Å². The molecule has 0 radical (unpaired) electrons. The summed E-state index contributed by atoms with van der Waals surface area (Å²) in [5.41, 5.74) is 3.20. The third-order valence-corrected chi connectivity index (χ3v) is 9.12. The normalized spacial score (nSPS) is 11.8. The summed E-state index contributed by atoms with van der Waals surface area (Å²) < 4.78 is 16.9. The van der Waals surface area contributed by atoms with Crippen LogP contribution >= 0.6 is 0 Å². The summed E-state index contributed by atoms with van der Waals surface area (Å²) in [5, 5.41) is 1.85. The third kappa shape index (κ3) is 11.6. The van der Waals surface area contributed by atoms with E-state index in [1.807, 2.05) is 75.4 Å². The minimum atomic E-state index is -0.450. The number of ether oxygens (including phenoxy) is 3. The zero-order valence-corrected chi connectivity index (χ0v) is 29.7. The molecule has 0 unspecified atom stereocenters. The van der Waals surface area contributed by atoms with Crippen LogP contribution < -0.4 is 9.47 Å². The molecule has 1 atom stereocenters. The molecule has 0 aliphatic rings. The van der Waals surface area contributed by atoms with Gasteiger partial charge in [-0.05, 0) is 90.0 Å². The second-order valence-electron chi connectivity index (χ2n) is 12.9. The van der Waals surface area contributed by atoms with Crippen LogP contribution in [0.5, 0.6) is 11.5 Å². The van der Waals surface area contributed by atoms with Gasteiger partial charge in [-0.2, -0.15) is 0 Å². The summed E-state index contributed by atoms with van der Waals surface area (Å²) in [6, 6.07) is 26.0. The smallest absolute Gasteiger partial charge is 0.343 e. The second kappa shape index (κ2) is 19.5. The lowest BCUT2D eigenvalue weighted by Crippen LogP contribution is -2.20. The zero-order valence-electron chi connectivity index (χ0n) is 29.7. The first kappa shape index (κ1) is 37.4. The summed E-state index contributed by atoms with van der Waals surface area (Å²) in [6.07, 6.45) is 12.8. The number of esters is 3. The average molecular weight is 665 g/mol. The number of hydrogen-bond acceptors (Lipinski definition) is 6. The number of rotatable bonds is 19. The van der Waals surface area contributed by atoms with Crippen LogP contribution in [-0.4, -0.2) is 24.0 Å². The lowest BCUT2D eigenvalue weighted by molar-refractivity contribution is -0.150. The number of unbranched alkanes of at least 4 members (excludes halogenated alkanes) is 8. The summed E-state index contributed by atoms with van der Waals surface area (Å²) in [4.78, 5) is 37.9. The molecule has 6 nitrogen and oxygen atoms in total. The van der Waals surface area contributed by atoms with Gasteiger partial charge in [0.1, 0.15) is 17.6 Å². The Morgan fingerprint density at radius 2 is 1.14 bits per heavy atom. The minimum Gasteiger partial charge on any atom is -0.462 e. The van der Waals surface area contributed by atoms with Crippen LogP contribution in [0.2, 0.25) is 0 Å². The van der Waals surface area contributed by atoms with Gasteiger partial charge in [0.15, 0.2) is 0 Å². The summed E-state index contributed by atoms with van der Waals surface area (Å²) in [6.45, 7) is 8.13. The molecule has 0 fully saturated rings. The van der Waals surface area contributed by atoms with Gasteiger partial charge in [0.05, 0.1) is 11.5 Å². The molecule has 0 saturated carbocycles. The second-order valence-corrected chi connectivity index (χ2v) is 12.9. The van der Waals surface area contributed by atoms with Crippen LogP contribution in [0.4, 0.5) is 0 Å². The van der Waals surface area contributed by atoms with Gasteiger partial charge in [0, 0.05) is 6.42 Å². The molecular formula is C43H52O6. The topological polar surface area (TPSA) is 78.9 Å². The van der Waals surface area contributed by atoms with Gasteiger partial charge in [0.2, 0.25) is 0 Å². The third-order valence-electron chi connectivity index (χ3n) is 9.12. The van der Waals surface area contributed by atoms with Crippen molar-refractivity contribution < 1.29 is 28.6 Å². The molecule has 260 valence electrons. The molecule has 4 aromatic rings. The van der Waals surface area contributed by atoms with E-state index in [2.05, 4.69) is 6.92 Å². The summed E-state index contributed by atoms with van der Waals surface area (Å²) >= 11 is 0. The Hall–Kier alpha value is -4.45. The van der Waals surface area contributed by atoms with Crippen molar-refractivity contribution in [2.75, 3.05) is 0 Å². The fourth-order valence-corrected chi connectivity index (χ4v) is 5.88. The fraction of sp³-hybridized carbons (Fsp3) is 0.419. The Bertz CT molecular complexity index is 1640. The molecular weight excluding hydrogens is 612 g/mol. The molecule has 49 heavy (non-hydrogen) atoms. The standard InChI is InChI=1S/C43H52O6/c1-5-8-9-10-11-12-13-14-15-16-41(44)47-39-26-23-33(24-27-39)32-17-19-34(20-18-32)43(46)49-40-28-25-36-29-35(21-22-37(36)30-40)31(4)42(45)48-38(6-2)7-3/h17-31,38H,5-16H2,1-4H3/t31-/m0/s1. The number of fused-ring (bicyclic) bond motifs is 1. The Balaban J connectivity index is 1.25. The highest BCUT2D eigenvalue weighted by molar-refractivity contribution is 5.93. The fourth-order valence-electron chi connectivity index (χ4n) is 5.88. The Labute approximate surface area is 292 Å². The Morgan fingerprint density at radius 3 is 1.78 bits per heavy atom. The van der Waals surface area contributed by atoms with E-state index in [1.165, 1.54) is 44.9 Å². The van der Waals surface area contributed by atoms with Crippen molar-refractivity contribution >= 4 is 28.7 Å². The van der Waals surface area contributed by atoms with E-state index >= 15 is 0 Å². The van der Waals surface area contributed by atoms with E-state index in [4.69, 9.17) is 14.2 Å². The van der Waals surface area contributed by atoms with Gasteiger partial charge in [-0.25, -0.2) is 4.79 Å². The predicted octanol–water partition coefficient (Wildman–Crippen LogP) is 11.4. The lowest BCUT2D eigenvalue weighted by atomic mass is 9.97. The van der Waals surface area contributed by atoms with Crippen molar-refractivity contribution in [3.05, 3.63) is 96.1 Å². The summed E-state index contributed by atoms with van der Waals surface area (Å²) in [7, 11) is 0. The van der Waals surface area contributed by atoms with E-state index in [1.54, 1.807) is 30.3 Å². The Morgan fingerprint density at radius 1 is 0.592 bits per heavy atom. The summed E-state index contributed by atoms with van der Waals surface area (Å²) in [5.74, 6) is -0.264. The molecule has 0 aliphatic carbocycles. The van der Waals surface area contributed by atoms with E-state index in [0.29, 0.717) is 23.5 Å². The van der Waals surface area contributed by atoms with Gasteiger partial charge >= 0.3 is 17.9 Å². The van der Waals surface area contributed by atoms with E-state index in [9.17, 15) is 14.4 Å². The van der Waals surface area contributed by atoms with Crippen molar-refractivity contribution in [3.63, 3.8) is 0 Å². The molecule has 0 aromatic heterocycles. The average Bonchev–Trinajstić information content (AvgIpc) is 3.12. The van der Waals surface area contributed by atoms with E-state index in [-0.39, 0.29) is 24.0 Å². The van der Waals surface area contributed by atoms with Gasteiger partial charge < -0.3 is 14.2 Å². The molecule has 4 aromatic carbocycles. The highest BCUT2D eigenvalue weighted by atomic mass is 16.5. The van der Waals surface area contributed by atoms with Gasteiger partial charge in [-0.15, -0.1) is 0 Å². The maximum absolute atomic E-state index is 13.0. The number of carbonyl (C=O) groups excluding carboxylic acids is 3. The van der Waals surface area contributed by atoms with Crippen LogP contribution in [0.25, 0.3) is 21.9 Å². The monoisotopic (exact) mass is 664 g/mol. The molecule has 6 heteroatoms. The van der Waals surface area contributed by atoms with E-state index < -0.39 is 5.97 Å². The highest BCUT2D eigenvalue weighted by Gasteiger charge is 2.20. The van der Waals surface area contributed by atoms with Crippen molar-refractivity contribution in [2.45, 2.75) is 117 Å². The van der Waals surface area contributed by atoms with Crippen molar-refractivity contribution in [1.82, 2.24) is 0 Å². The minimum absolute atomic E-state index is 0.0626. The highest BCUT2D eigenvalue weighted by Crippen LogP contribution is 2.28. The molecule has 0 N–H and O–H groups in total. The number of carbonyl (C=O) groups is 3. The molecule has 0 amide bonds. The van der Waals surface area contributed by atoms with Crippen LogP contribution in [-0.2, 0) is 14.3 Å². The molecule has 0 bridgehead atoms. The van der Waals surface area contributed by atoms with E-state index in [0.717, 1.165) is 53.1 Å². The van der Waals surface area contributed by atoms with Crippen LogP contribution in [0.1, 0.15) is 127 Å². The largest absolute Gasteiger partial charge is 0.462 e. The molecule has 0 saturated heterocycles. The lowest BCUT2D eigenvalue weighted by Gasteiger charge is -2.18. The molecule has 0 spiro atoms. The first-order chi connectivity index (χ1) is 23.8. The SMILES string of the molecule is CCCCCCCCCCCC(=O)Oc1ccc(-c2ccc(C(=O)Oc3ccc4cc([C@H](C)C(=O)OC(CC)CC)ccc4c3)cc2)cc1. The van der Waals surface area contributed by atoms with Gasteiger partial charge in [-0.3, -0.25) is 9.59 Å². The quantitative estimate of drug-likeness (QED) is 0.0564. The van der Waals surface area contributed by atoms with Crippen molar-refractivity contribution in [1.29, 1.82) is 0 Å². The number of benzene rings is 4. The maximum Gasteiger partial charge on any atom is 0.343 e. The van der Waals surface area contributed by atoms with Gasteiger partial charge in [-0.1, -0.05) is 121 Å². The molecule has 0 aliphatic heterocycles. The predicted molar refractivity (Wildman–Crippen MR) is 197 cm³/mol. The number of hydrogen-bond donors (Lipinski definition) is 0. The molecule has 4 rings (SSSR count). The molecule has 0 heterocycles. The first-order valence-corrected chi connectivity index (χ1v) is 18.2. The van der Waals surface area contributed by atoms with Crippen LogP contribution in [0, 0.1) is 0 Å². The van der Waals surface area contributed by atoms with Crippen molar-refractivity contribution in [2.24, 2.45) is 0 Å². The first-order valence-electron chi connectivity index (χ1n) is 18.2.